The molecule has 0 spiro atoms. The quantitative estimate of drug-likeness (QED) is 0.314. The molecule has 2 N–H and O–H groups in total. The van der Waals surface area contributed by atoms with Crippen molar-refractivity contribution in [3.8, 4) is 5.75 Å². The molecule has 0 bridgehead atoms. The molecule has 5 rings (SSSR count). The predicted octanol–water partition coefficient (Wildman–Crippen LogP) is 5.82. The molecule has 7 nitrogen and oxygen atoms in total. The van der Waals surface area contributed by atoms with E-state index in [0.29, 0.717) is 16.7 Å². The van der Waals surface area contributed by atoms with Crippen molar-refractivity contribution in [2.24, 2.45) is 0 Å². The fourth-order valence-corrected chi connectivity index (χ4v) is 5.12. The number of amides is 1. The van der Waals surface area contributed by atoms with Gasteiger partial charge < -0.3 is 15.4 Å². The molecule has 1 unspecified atom stereocenters. The van der Waals surface area contributed by atoms with Crippen molar-refractivity contribution >= 4 is 29.3 Å². The van der Waals surface area contributed by atoms with Crippen molar-refractivity contribution in [3.05, 3.63) is 107 Å². The molecule has 0 saturated heterocycles. The lowest BCUT2D eigenvalue weighted by molar-refractivity contribution is -0.113. The number of fused-ring (bicyclic) bond motifs is 1. The summed E-state index contributed by atoms with van der Waals surface area (Å²) in [4.78, 5) is 18.3. The second-order valence-corrected chi connectivity index (χ2v) is 9.48. The third kappa shape index (κ3) is 4.85. The van der Waals surface area contributed by atoms with Gasteiger partial charge in [0.05, 0.1) is 12.7 Å². The molecule has 2 heterocycles. The molecule has 0 fully saturated rings. The van der Waals surface area contributed by atoms with E-state index in [2.05, 4.69) is 29.7 Å². The molecule has 1 aliphatic heterocycles. The Morgan fingerprint density at radius 3 is 2.47 bits per heavy atom. The maximum Gasteiger partial charge on any atom is 0.255 e. The number of carbonyl (C=O) groups excluding carboxylic acids is 1. The van der Waals surface area contributed by atoms with Gasteiger partial charge in [-0.05, 0) is 54.8 Å². The molecule has 0 aliphatic carbocycles. The van der Waals surface area contributed by atoms with E-state index < -0.39 is 6.04 Å². The van der Waals surface area contributed by atoms with Crippen molar-refractivity contribution < 1.29 is 9.53 Å². The standard InChI is InChI=1S/C28H27N5O2S/c1-18-9-7-8-10-21(18)17-36-28-31-27-29-19(2)24(26(34)30-22-11-5-4-6-12-22)25(33(27)32-28)20-13-15-23(35-3)16-14-20/h4-16,25H,17H2,1-3H3,(H,30,34)(H,29,31,32). The molecule has 0 saturated carbocycles. The maximum atomic E-state index is 13.5. The summed E-state index contributed by atoms with van der Waals surface area (Å²) in [6.45, 7) is 4.00. The SMILES string of the molecule is COc1ccc(C2C(C(=O)Nc3ccccc3)=C(C)Nc3nc(SCc4ccccc4C)nn32)cc1. The normalized spacial score (nSPS) is 14.7. The Kier molecular flexibility index (Phi) is 6.77. The van der Waals surface area contributed by atoms with Crippen molar-refractivity contribution in [1.82, 2.24) is 14.8 Å². The summed E-state index contributed by atoms with van der Waals surface area (Å²) in [5, 5.41) is 11.8. The Morgan fingerprint density at radius 2 is 1.75 bits per heavy atom. The first-order valence-electron chi connectivity index (χ1n) is 11.7. The van der Waals surface area contributed by atoms with Crippen molar-refractivity contribution in [3.63, 3.8) is 0 Å². The smallest absolute Gasteiger partial charge is 0.255 e. The Hall–Kier alpha value is -4.04. The van der Waals surface area contributed by atoms with Crippen LogP contribution < -0.4 is 15.4 Å². The number of aryl methyl sites for hydroxylation is 1. The monoisotopic (exact) mass is 497 g/mol. The van der Waals surface area contributed by atoms with Gasteiger partial charge in [0.25, 0.3) is 5.91 Å². The van der Waals surface area contributed by atoms with Crippen LogP contribution in [-0.2, 0) is 10.5 Å². The molecule has 4 aromatic rings. The van der Waals surface area contributed by atoms with Crippen LogP contribution in [0.2, 0.25) is 0 Å². The Bertz CT molecular complexity index is 1410. The first-order chi connectivity index (χ1) is 17.5. The molecule has 182 valence electrons. The van der Waals surface area contributed by atoms with Crippen LogP contribution in [0.25, 0.3) is 0 Å². The van der Waals surface area contributed by atoms with Crippen molar-refractivity contribution in [2.75, 3.05) is 17.7 Å². The number of allylic oxidation sites excluding steroid dienone is 1. The van der Waals surface area contributed by atoms with E-state index in [0.717, 1.165) is 28.5 Å². The summed E-state index contributed by atoms with van der Waals surface area (Å²) in [6, 6.07) is 25.0. The molecule has 1 amide bonds. The lowest BCUT2D eigenvalue weighted by atomic mass is 9.95. The van der Waals surface area contributed by atoms with Crippen LogP contribution in [0.15, 0.2) is 95.3 Å². The van der Waals surface area contributed by atoms with Crippen molar-refractivity contribution in [2.45, 2.75) is 30.8 Å². The number of anilines is 2. The molecule has 36 heavy (non-hydrogen) atoms. The van der Waals surface area contributed by atoms with E-state index in [1.165, 1.54) is 11.1 Å². The number of hydrogen-bond donors (Lipinski definition) is 2. The third-order valence-corrected chi connectivity index (χ3v) is 7.05. The summed E-state index contributed by atoms with van der Waals surface area (Å²) in [7, 11) is 1.63. The molecule has 1 atom stereocenters. The third-order valence-electron chi connectivity index (χ3n) is 6.16. The number of hydrogen-bond acceptors (Lipinski definition) is 6. The second-order valence-electron chi connectivity index (χ2n) is 8.54. The first kappa shape index (κ1) is 23.7. The molecular formula is C28H27N5O2S. The highest BCUT2D eigenvalue weighted by Gasteiger charge is 2.34. The number of para-hydroxylation sites is 1. The zero-order valence-electron chi connectivity index (χ0n) is 20.4. The number of thioether (sulfide) groups is 1. The molecule has 3 aromatic carbocycles. The number of benzene rings is 3. The minimum atomic E-state index is -0.448. The average molecular weight is 498 g/mol. The second kappa shape index (κ2) is 10.3. The fraction of sp³-hybridized carbons (Fsp3) is 0.179. The number of ether oxygens (including phenoxy) is 1. The van der Waals surface area contributed by atoms with E-state index >= 15 is 0 Å². The highest BCUT2D eigenvalue weighted by molar-refractivity contribution is 7.98. The van der Waals surface area contributed by atoms with Crippen LogP contribution in [-0.4, -0.2) is 27.8 Å². The topological polar surface area (TPSA) is 81.1 Å². The number of rotatable bonds is 7. The summed E-state index contributed by atoms with van der Waals surface area (Å²) < 4.78 is 7.15. The van der Waals surface area contributed by atoms with Gasteiger partial charge in [-0.1, -0.05) is 66.4 Å². The number of nitrogens with zero attached hydrogens (tertiary/aromatic N) is 3. The lowest BCUT2D eigenvalue weighted by Gasteiger charge is -2.28. The summed E-state index contributed by atoms with van der Waals surface area (Å²) in [5.41, 5.74) is 5.44. The first-order valence-corrected chi connectivity index (χ1v) is 12.6. The van der Waals surface area contributed by atoms with Gasteiger partial charge in [0.2, 0.25) is 11.1 Å². The van der Waals surface area contributed by atoms with E-state index in [1.807, 2.05) is 73.7 Å². The van der Waals surface area contributed by atoms with Crippen LogP contribution in [0.4, 0.5) is 11.6 Å². The number of carbonyl (C=O) groups is 1. The lowest BCUT2D eigenvalue weighted by Crippen LogP contribution is -2.31. The number of methoxy groups -OCH3 is 1. The van der Waals surface area contributed by atoms with Gasteiger partial charge >= 0.3 is 0 Å². The van der Waals surface area contributed by atoms with Gasteiger partial charge in [-0.15, -0.1) is 5.10 Å². The van der Waals surface area contributed by atoms with Gasteiger partial charge in [0.1, 0.15) is 11.8 Å². The van der Waals surface area contributed by atoms with Crippen LogP contribution >= 0.6 is 11.8 Å². The van der Waals surface area contributed by atoms with Gasteiger partial charge in [0.15, 0.2) is 0 Å². The Balaban J connectivity index is 1.49. The number of aromatic nitrogens is 3. The van der Waals surface area contributed by atoms with Gasteiger partial charge in [-0.3, -0.25) is 4.79 Å². The van der Waals surface area contributed by atoms with E-state index in [-0.39, 0.29) is 5.91 Å². The summed E-state index contributed by atoms with van der Waals surface area (Å²) in [5.74, 6) is 1.92. The minimum absolute atomic E-state index is 0.192. The Labute approximate surface area is 214 Å². The fourth-order valence-electron chi connectivity index (χ4n) is 4.22. The van der Waals surface area contributed by atoms with Gasteiger partial charge in [-0.2, -0.15) is 4.98 Å². The van der Waals surface area contributed by atoms with Crippen LogP contribution in [0.1, 0.15) is 29.7 Å². The van der Waals surface area contributed by atoms with Gasteiger partial charge in [-0.25, -0.2) is 4.68 Å². The maximum absolute atomic E-state index is 13.5. The van der Waals surface area contributed by atoms with E-state index in [4.69, 9.17) is 14.8 Å². The number of nitrogens with one attached hydrogen (secondary N) is 2. The van der Waals surface area contributed by atoms with E-state index in [9.17, 15) is 4.79 Å². The highest BCUT2D eigenvalue weighted by atomic mass is 32.2. The zero-order valence-corrected chi connectivity index (χ0v) is 21.2. The van der Waals surface area contributed by atoms with E-state index in [1.54, 1.807) is 23.6 Å². The molecule has 1 aromatic heterocycles. The Morgan fingerprint density at radius 1 is 1.03 bits per heavy atom. The zero-order chi connectivity index (χ0) is 25.1. The van der Waals surface area contributed by atoms with Crippen LogP contribution in [0.3, 0.4) is 0 Å². The highest BCUT2D eigenvalue weighted by Crippen LogP contribution is 2.37. The minimum Gasteiger partial charge on any atom is -0.497 e. The van der Waals surface area contributed by atoms with Crippen LogP contribution in [0.5, 0.6) is 5.75 Å². The average Bonchev–Trinajstić information content (AvgIpc) is 3.30. The molecule has 1 aliphatic rings. The van der Waals surface area contributed by atoms with Crippen LogP contribution in [0, 0.1) is 6.92 Å². The molecule has 0 radical (unpaired) electrons. The van der Waals surface area contributed by atoms with Crippen molar-refractivity contribution in [1.29, 1.82) is 0 Å². The largest absolute Gasteiger partial charge is 0.497 e. The summed E-state index contributed by atoms with van der Waals surface area (Å²) in [6.07, 6.45) is 0. The summed E-state index contributed by atoms with van der Waals surface area (Å²) >= 11 is 1.58. The molecular weight excluding hydrogens is 470 g/mol. The molecule has 8 heteroatoms. The van der Waals surface area contributed by atoms with Gasteiger partial charge in [0, 0.05) is 17.1 Å². The predicted molar refractivity (Wildman–Crippen MR) is 143 cm³/mol.